The molecule has 1 nitrogen and oxygen atoms in total. The predicted octanol–water partition coefficient (Wildman–Crippen LogP) is 4.29. The van der Waals surface area contributed by atoms with Crippen molar-refractivity contribution >= 4 is 15.9 Å². The lowest BCUT2D eigenvalue weighted by Gasteiger charge is -2.19. The van der Waals surface area contributed by atoms with Crippen molar-refractivity contribution in [1.82, 2.24) is 5.32 Å². The molecule has 0 fully saturated rings. The molecule has 1 unspecified atom stereocenters. The number of benzene rings is 2. The molecule has 0 aliphatic heterocycles. The second kappa shape index (κ2) is 6.12. The summed E-state index contributed by atoms with van der Waals surface area (Å²) in [4.78, 5) is 0. The molecule has 94 valence electrons. The van der Waals surface area contributed by atoms with Crippen molar-refractivity contribution in [2.45, 2.75) is 13.0 Å². The topological polar surface area (TPSA) is 12.0 Å². The third kappa shape index (κ3) is 3.18. The van der Waals surface area contributed by atoms with Gasteiger partial charge in [-0.1, -0.05) is 47.1 Å². The van der Waals surface area contributed by atoms with Crippen LogP contribution in [0.25, 0.3) is 0 Å². The van der Waals surface area contributed by atoms with Crippen LogP contribution < -0.4 is 5.32 Å². The molecule has 0 heterocycles. The first-order valence-corrected chi connectivity index (χ1v) is 6.74. The number of rotatable bonds is 4. The molecule has 0 saturated carbocycles. The molecule has 1 atom stereocenters. The molecule has 0 radical (unpaired) electrons. The second-order valence-electron chi connectivity index (χ2n) is 4.09. The third-order valence-corrected chi connectivity index (χ3v) is 3.34. The Hall–Kier alpha value is -1.19. The minimum Gasteiger partial charge on any atom is -0.307 e. The molecule has 2 aromatic carbocycles. The fraction of sp³-hybridized carbons (Fsp3) is 0.200. The standard InChI is InChI=1S/C15H15BrFN/c1-2-18-15(11-3-7-13(16)8-4-11)12-5-9-14(17)10-6-12/h3-10,15,18H,2H2,1H3. The summed E-state index contributed by atoms with van der Waals surface area (Å²) < 4.78 is 14.0. The molecule has 0 spiro atoms. The Labute approximate surface area is 115 Å². The first-order valence-electron chi connectivity index (χ1n) is 5.95. The zero-order valence-electron chi connectivity index (χ0n) is 10.2. The molecule has 1 N–H and O–H groups in total. The van der Waals surface area contributed by atoms with E-state index in [-0.39, 0.29) is 11.9 Å². The van der Waals surface area contributed by atoms with Gasteiger partial charge in [-0.2, -0.15) is 0 Å². The van der Waals surface area contributed by atoms with E-state index in [1.165, 1.54) is 17.7 Å². The quantitative estimate of drug-likeness (QED) is 0.888. The van der Waals surface area contributed by atoms with Gasteiger partial charge in [-0.25, -0.2) is 4.39 Å². The number of hydrogen-bond acceptors (Lipinski definition) is 1. The average molecular weight is 308 g/mol. The van der Waals surface area contributed by atoms with Crippen LogP contribution in [0.1, 0.15) is 24.1 Å². The van der Waals surface area contributed by atoms with Gasteiger partial charge in [-0.3, -0.25) is 0 Å². The average Bonchev–Trinajstić information content (AvgIpc) is 2.39. The van der Waals surface area contributed by atoms with Gasteiger partial charge in [-0.05, 0) is 41.9 Å². The molecular weight excluding hydrogens is 293 g/mol. The molecule has 3 heteroatoms. The lowest BCUT2D eigenvalue weighted by atomic mass is 9.99. The van der Waals surface area contributed by atoms with Crippen LogP contribution in [0, 0.1) is 5.82 Å². The van der Waals surface area contributed by atoms with Gasteiger partial charge in [0, 0.05) is 4.47 Å². The normalized spacial score (nSPS) is 12.4. The molecule has 0 amide bonds. The lowest BCUT2D eigenvalue weighted by Crippen LogP contribution is -2.21. The number of hydrogen-bond donors (Lipinski definition) is 1. The SMILES string of the molecule is CCNC(c1ccc(F)cc1)c1ccc(Br)cc1. The Morgan fingerprint density at radius 2 is 1.50 bits per heavy atom. The van der Waals surface area contributed by atoms with Gasteiger partial charge >= 0.3 is 0 Å². The van der Waals surface area contributed by atoms with Crippen molar-refractivity contribution in [3.8, 4) is 0 Å². The highest BCUT2D eigenvalue weighted by molar-refractivity contribution is 9.10. The monoisotopic (exact) mass is 307 g/mol. The van der Waals surface area contributed by atoms with Gasteiger partial charge in [0.25, 0.3) is 0 Å². The Kier molecular flexibility index (Phi) is 4.50. The smallest absolute Gasteiger partial charge is 0.123 e. The second-order valence-corrected chi connectivity index (χ2v) is 5.01. The molecular formula is C15H15BrFN. The van der Waals surface area contributed by atoms with Gasteiger partial charge in [0.1, 0.15) is 5.82 Å². The van der Waals surface area contributed by atoms with E-state index in [1.54, 1.807) is 0 Å². The first-order chi connectivity index (χ1) is 8.70. The van der Waals surface area contributed by atoms with Crippen LogP contribution in [0.4, 0.5) is 4.39 Å². The lowest BCUT2D eigenvalue weighted by molar-refractivity contribution is 0.613. The molecule has 18 heavy (non-hydrogen) atoms. The molecule has 0 aliphatic rings. The summed E-state index contributed by atoms with van der Waals surface area (Å²) in [6.07, 6.45) is 0. The fourth-order valence-corrected chi connectivity index (χ4v) is 2.21. The first kappa shape index (κ1) is 13.2. The van der Waals surface area contributed by atoms with Crippen LogP contribution >= 0.6 is 15.9 Å². The summed E-state index contributed by atoms with van der Waals surface area (Å²) in [7, 11) is 0. The Morgan fingerprint density at radius 1 is 1.00 bits per heavy atom. The largest absolute Gasteiger partial charge is 0.307 e. The third-order valence-electron chi connectivity index (χ3n) is 2.81. The molecule has 2 rings (SSSR count). The van der Waals surface area contributed by atoms with Gasteiger partial charge in [0.15, 0.2) is 0 Å². The zero-order valence-corrected chi connectivity index (χ0v) is 11.7. The Balaban J connectivity index is 2.33. The number of nitrogens with one attached hydrogen (secondary N) is 1. The van der Waals surface area contributed by atoms with E-state index in [9.17, 15) is 4.39 Å². The van der Waals surface area contributed by atoms with Gasteiger partial charge in [-0.15, -0.1) is 0 Å². The van der Waals surface area contributed by atoms with Crippen LogP contribution in [-0.4, -0.2) is 6.54 Å². The van der Waals surface area contributed by atoms with Crippen molar-refractivity contribution < 1.29 is 4.39 Å². The Bertz CT molecular complexity index is 447. The summed E-state index contributed by atoms with van der Waals surface area (Å²) in [5.41, 5.74) is 2.24. The summed E-state index contributed by atoms with van der Waals surface area (Å²) >= 11 is 3.43. The van der Waals surface area contributed by atoms with Crippen molar-refractivity contribution in [2.75, 3.05) is 6.54 Å². The Morgan fingerprint density at radius 3 is 2.00 bits per heavy atom. The van der Waals surface area contributed by atoms with Gasteiger partial charge in [0.05, 0.1) is 6.04 Å². The fourth-order valence-electron chi connectivity index (χ4n) is 1.94. The molecule has 0 aromatic heterocycles. The molecule has 0 saturated heterocycles. The summed E-state index contributed by atoms with van der Waals surface area (Å²) in [6, 6.07) is 14.9. The van der Waals surface area contributed by atoms with Crippen molar-refractivity contribution in [3.63, 3.8) is 0 Å². The van der Waals surface area contributed by atoms with Crippen LogP contribution in [0.15, 0.2) is 53.0 Å². The van der Waals surface area contributed by atoms with Gasteiger partial charge < -0.3 is 5.32 Å². The van der Waals surface area contributed by atoms with E-state index in [2.05, 4.69) is 40.3 Å². The van der Waals surface area contributed by atoms with E-state index in [0.717, 1.165) is 16.6 Å². The molecule has 0 aliphatic carbocycles. The van der Waals surface area contributed by atoms with Crippen LogP contribution in [-0.2, 0) is 0 Å². The maximum atomic E-state index is 13.0. The summed E-state index contributed by atoms with van der Waals surface area (Å²) in [5.74, 6) is -0.204. The minimum atomic E-state index is -0.204. The maximum Gasteiger partial charge on any atom is 0.123 e. The van der Waals surface area contributed by atoms with E-state index >= 15 is 0 Å². The van der Waals surface area contributed by atoms with E-state index in [0.29, 0.717) is 0 Å². The van der Waals surface area contributed by atoms with Crippen LogP contribution in [0.5, 0.6) is 0 Å². The highest BCUT2D eigenvalue weighted by atomic mass is 79.9. The maximum absolute atomic E-state index is 13.0. The highest BCUT2D eigenvalue weighted by Crippen LogP contribution is 2.23. The van der Waals surface area contributed by atoms with Gasteiger partial charge in [0.2, 0.25) is 0 Å². The van der Waals surface area contributed by atoms with E-state index in [1.807, 2.05) is 24.3 Å². The van der Waals surface area contributed by atoms with Crippen LogP contribution in [0.3, 0.4) is 0 Å². The van der Waals surface area contributed by atoms with Crippen molar-refractivity contribution in [2.24, 2.45) is 0 Å². The molecule has 2 aromatic rings. The van der Waals surface area contributed by atoms with Crippen molar-refractivity contribution in [1.29, 1.82) is 0 Å². The van der Waals surface area contributed by atoms with E-state index < -0.39 is 0 Å². The highest BCUT2D eigenvalue weighted by Gasteiger charge is 2.12. The predicted molar refractivity (Wildman–Crippen MR) is 76.1 cm³/mol. The minimum absolute atomic E-state index is 0.101. The van der Waals surface area contributed by atoms with Crippen molar-refractivity contribution in [3.05, 3.63) is 69.9 Å². The summed E-state index contributed by atoms with van der Waals surface area (Å²) in [5, 5.41) is 3.42. The summed E-state index contributed by atoms with van der Waals surface area (Å²) in [6.45, 7) is 2.92. The van der Waals surface area contributed by atoms with Crippen LogP contribution in [0.2, 0.25) is 0 Å². The molecule has 0 bridgehead atoms. The van der Waals surface area contributed by atoms with E-state index in [4.69, 9.17) is 0 Å². The number of halogens is 2. The zero-order chi connectivity index (χ0) is 13.0.